The molecule has 0 aromatic carbocycles. The van der Waals surface area contributed by atoms with Crippen LogP contribution in [0.1, 0.15) is 26.7 Å². The normalized spacial score (nSPS) is 21.2. The predicted molar refractivity (Wildman–Crippen MR) is 45.3 cm³/mol. The van der Waals surface area contributed by atoms with Gasteiger partial charge in [0, 0.05) is 13.0 Å². The quantitative estimate of drug-likeness (QED) is 0.597. The largest absolute Gasteiger partial charge is 0.298 e. The lowest BCUT2D eigenvalue weighted by Gasteiger charge is -2.26. The summed E-state index contributed by atoms with van der Waals surface area (Å²) in [5.74, 6) is 1.79. The first-order chi connectivity index (χ1) is 5.18. The van der Waals surface area contributed by atoms with Crippen molar-refractivity contribution >= 4 is 5.78 Å². The number of ketones is 1. The summed E-state index contributed by atoms with van der Waals surface area (Å²) in [5.41, 5.74) is 0. The van der Waals surface area contributed by atoms with Crippen LogP contribution in [0.3, 0.4) is 0 Å². The van der Waals surface area contributed by atoms with Gasteiger partial charge in [-0.05, 0) is 18.9 Å². The second-order valence-electron chi connectivity index (χ2n) is 3.56. The Morgan fingerprint density at radius 2 is 2.27 bits per heavy atom. The molecule has 0 unspecified atom stereocenters. The molecule has 1 aliphatic rings. The zero-order valence-electron chi connectivity index (χ0n) is 7.39. The van der Waals surface area contributed by atoms with Crippen molar-refractivity contribution in [3.8, 4) is 0 Å². The fourth-order valence-corrected chi connectivity index (χ4v) is 1.49. The molecule has 2 heteroatoms. The van der Waals surface area contributed by atoms with Crippen LogP contribution in [0.25, 0.3) is 0 Å². The van der Waals surface area contributed by atoms with E-state index in [0.29, 0.717) is 12.3 Å². The van der Waals surface area contributed by atoms with Gasteiger partial charge in [0.1, 0.15) is 5.78 Å². The van der Waals surface area contributed by atoms with Crippen LogP contribution < -0.4 is 0 Å². The van der Waals surface area contributed by atoms with E-state index in [1.807, 2.05) is 0 Å². The Kier molecular flexibility index (Phi) is 3.06. The third kappa shape index (κ3) is 3.02. The summed E-state index contributed by atoms with van der Waals surface area (Å²) in [5, 5.41) is 0. The molecular weight excluding hydrogens is 138 g/mol. The minimum absolute atomic E-state index is 0.400. The minimum atomic E-state index is 0.400. The fraction of sp³-hybridized carbons (Fsp3) is 0.778. The molecule has 0 aromatic heterocycles. The maximum absolute atomic E-state index is 11.0. The molecule has 0 saturated carbocycles. The van der Waals surface area contributed by atoms with E-state index in [1.54, 1.807) is 0 Å². The smallest absolute Gasteiger partial charge is 0.146 e. The number of carbonyl (C=O) groups is 1. The van der Waals surface area contributed by atoms with Crippen LogP contribution in [0, 0.1) is 5.92 Å². The van der Waals surface area contributed by atoms with E-state index >= 15 is 0 Å². The average molecular weight is 154 g/mol. The molecule has 11 heavy (non-hydrogen) atoms. The highest BCUT2D eigenvalue weighted by Crippen LogP contribution is 2.08. The molecule has 2 nitrogen and oxygen atoms in total. The van der Waals surface area contributed by atoms with E-state index < -0.39 is 0 Å². The summed E-state index contributed by atoms with van der Waals surface area (Å²) in [7, 11) is 0. The van der Waals surface area contributed by atoms with E-state index in [4.69, 9.17) is 0 Å². The van der Waals surface area contributed by atoms with Gasteiger partial charge in [0.05, 0.1) is 6.54 Å². The van der Waals surface area contributed by atoms with Gasteiger partial charge in [-0.15, -0.1) is 0 Å². The summed E-state index contributed by atoms with van der Waals surface area (Å²) in [6, 6.07) is 0. The van der Waals surface area contributed by atoms with Crippen LogP contribution in [0.2, 0.25) is 0 Å². The second-order valence-corrected chi connectivity index (χ2v) is 3.56. The van der Waals surface area contributed by atoms with Gasteiger partial charge in [0.15, 0.2) is 0 Å². The van der Waals surface area contributed by atoms with E-state index in [0.717, 1.165) is 25.9 Å². The lowest BCUT2D eigenvalue weighted by Crippen LogP contribution is -2.37. The monoisotopic (exact) mass is 154 g/mol. The Hall–Kier alpha value is -0.370. The van der Waals surface area contributed by atoms with E-state index in [2.05, 4.69) is 18.7 Å². The SMILES string of the molecule is C[C](C)CN1CCCC(=O)C1. The number of rotatable bonds is 2. The van der Waals surface area contributed by atoms with Crippen LogP contribution in [-0.2, 0) is 4.79 Å². The number of Topliss-reactive ketones (excluding diaryl/α,β-unsaturated/α-hetero) is 1. The predicted octanol–water partition coefficient (Wildman–Crippen LogP) is 1.27. The molecule has 1 radical (unpaired) electrons. The van der Waals surface area contributed by atoms with Crippen LogP contribution in [-0.4, -0.2) is 30.3 Å². The highest BCUT2D eigenvalue weighted by Gasteiger charge is 2.16. The van der Waals surface area contributed by atoms with Crippen molar-refractivity contribution in [2.75, 3.05) is 19.6 Å². The van der Waals surface area contributed by atoms with E-state index in [-0.39, 0.29) is 0 Å². The van der Waals surface area contributed by atoms with Gasteiger partial charge in [-0.1, -0.05) is 13.8 Å². The van der Waals surface area contributed by atoms with Crippen molar-refractivity contribution in [1.29, 1.82) is 0 Å². The number of piperidine rings is 1. The molecule has 0 aromatic rings. The lowest BCUT2D eigenvalue weighted by molar-refractivity contribution is -0.122. The average Bonchev–Trinajstić information content (AvgIpc) is 1.85. The molecule has 0 aliphatic carbocycles. The number of hydrogen-bond donors (Lipinski definition) is 0. The molecule has 0 amide bonds. The summed E-state index contributed by atoms with van der Waals surface area (Å²) >= 11 is 0. The molecule has 1 aliphatic heterocycles. The van der Waals surface area contributed by atoms with Crippen molar-refractivity contribution < 1.29 is 4.79 Å². The third-order valence-corrected chi connectivity index (χ3v) is 1.87. The van der Waals surface area contributed by atoms with Gasteiger partial charge >= 0.3 is 0 Å². The summed E-state index contributed by atoms with van der Waals surface area (Å²) < 4.78 is 0. The molecule has 1 fully saturated rings. The van der Waals surface area contributed by atoms with Crippen molar-refractivity contribution in [1.82, 2.24) is 4.90 Å². The zero-order valence-corrected chi connectivity index (χ0v) is 7.39. The number of nitrogens with zero attached hydrogens (tertiary/aromatic N) is 1. The molecule has 0 bridgehead atoms. The van der Waals surface area contributed by atoms with E-state index in [9.17, 15) is 4.79 Å². The fourth-order valence-electron chi connectivity index (χ4n) is 1.49. The second kappa shape index (κ2) is 3.86. The van der Waals surface area contributed by atoms with Crippen molar-refractivity contribution in [2.45, 2.75) is 26.7 Å². The molecular formula is C9H16NO. The molecule has 0 atom stereocenters. The number of hydrogen-bond acceptors (Lipinski definition) is 2. The number of likely N-dealkylation sites (tertiary alicyclic amines) is 1. The lowest BCUT2D eigenvalue weighted by atomic mass is 10.1. The minimum Gasteiger partial charge on any atom is -0.298 e. The van der Waals surface area contributed by atoms with Crippen LogP contribution in [0.5, 0.6) is 0 Å². The molecule has 63 valence electrons. The molecule has 1 rings (SSSR count). The van der Waals surface area contributed by atoms with Crippen molar-refractivity contribution in [3.05, 3.63) is 5.92 Å². The Morgan fingerprint density at radius 1 is 1.55 bits per heavy atom. The number of carbonyl (C=O) groups excluding carboxylic acids is 1. The van der Waals surface area contributed by atoms with Gasteiger partial charge in [0.25, 0.3) is 0 Å². The first-order valence-electron chi connectivity index (χ1n) is 4.21. The first kappa shape index (κ1) is 8.72. The van der Waals surface area contributed by atoms with Crippen LogP contribution in [0.4, 0.5) is 0 Å². The Balaban J connectivity index is 2.28. The van der Waals surface area contributed by atoms with Gasteiger partial charge in [0.2, 0.25) is 0 Å². The van der Waals surface area contributed by atoms with Gasteiger partial charge in [-0.25, -0.2) is 0 Å². The summed E-state index contributed by atoms with van der Waals surface area (Å²) in [6.07, 6.45) is 1.84. The van der Waals surface area contributed by atoms with Crippen LogP contribution >= 0.6 is 0 Å². The Morgan fingerprint density at radius 3 is 2.82 bits per heavy atom. The van der Waals surface area contributed by atoms with Gasteiger partial charge in [-0.3, -0.25) is 9.69 Å². The first-order valence-corrected chi connectivity index (χ1v) is 4.21. The zero-order chi connectivity index (χ0) is 8.27. The third-order valence-electron chi connectivity index (χ3n) is 1.87. The summed E-state index contributed by atoms with van der Waals surface area (Å²) in [6.45, 7) is 6.98. The van der Waals surface area contributed by atoms with Gasteiger partial charge in [-0.2, -0.15) is 0 Å². The van der Waals surface area contributed by atoms with Crippen molar-refractivity contribution in [2.24, 2.45) is 0 Å². The molecule has 0 spiro atoms. The van der Waals surface area contributed by atoms with Crippen molar-refractivity contribution in [3.63, 3.8) is 0 Å². The maximum Gasteiger partial charge on any atom is 0.146 e. The van der Waals surface area contributed by atoms with E-state index in [1.165, 1.54) is 5.92 Å². The van der Waals surface area contributed by atoms with Gasteiger partial charge < -0.3 is 0 Å². The standard InChI is InChI=1S/C9H16NO/c1-8(2)6-10-5-3-4-9(11)7-10/h3-7H2,1-2H3. The molecule has 1 saturated heterocycles. The Bertz CT molecular complexity index is 142. The summed E-state index contributed by atoms with van der Waals surface area (Å²) in [4.78, 5) is 13.2. The maximum atomic E-state index is 11.0. The molecule has 1 heterocycles. The molecule has 0 N–H and O–H groups in total. The highest BCUT2D eigenvalue weighted by atomic mass is 16.1. The van der Waals surface area contributed by atoms with Crippen LogP contribution in [0.15, 0.2) is 0 Å². The highest BCUT2D eigenvalue weighted by molar-refractivity contribution is 5.81. The topological polar surface area (TPSA) is 20.3 Å². The Labute approximate surface area is 68.6 Å².